The number of fused-ring (bicyclic) bond motifs is 1. The van der Waals surface area contributed by atoms with Crippen LogP contribution in [0.5, 0.6) is 5.75 Å². The summed E-state index contributed by atoms with van der Waals surface area (Å²) in [6.45, 7) is 1.14. The summed E-state index contributed by atoms with van der Waals surface area (Å²) in [4.78, 5) is 26.8. The van der Waals surface area contributed by atoms with Gasteiger partial charge in [0.2, 0.25) is 0 Å². The minimum Gasteiger partial charge on any atom is -0.497 e. The maximum Gasteiger partial charge on any atom is 0.256 e. The zero-order chi connectivity index (χ0) is 19.9. The Labute approximate surface area is 169 Å². The first-order valence-corrected chi connectivity index (χ1v) is 10.3. The van der Waals surface area contributed by atoms with Crippen molar-refractivity contribution in [3.05, 3.63) is 45.8 Å². The van der Waals surface area contributed by atoms with E-state index in [4.69, 9.17) is 9.47 Å². The molecule has 7 heteroatoms. The zero-order valence-corrected chi connectivity index (χ0v) is 17.1. The molecule has 0 unspecified atom stereocenters. The van der Waals surface area contributed by atoms with E-state index in [1.165, 1.54) is 16.2 Å². The predicted molar refractivity (Wildman–Crippen MR) is 111 cm³/mol. The summed E-state index contributed by atoms with van der Waals surface area (Å²) in [5, 5.41) is 6.54. The van der Waals surface area contributed by atoms with E-state index in [2.05, 4.69) is 10.6 Å². The summed E-state index contributed by atoms with van der Waals surface area (Å²) in [6, 6.07) is 6.99. The summed E-state index contributed by atoms with van der Waals surface area (Å²) in [5.74, 6) is 0.247. The van der Waals surface area contributed by atoms with Gasteiger partial charge in [-0.3, -0.25) is 9.59 Å². The van der Waals surface area contributed by atoms with E-state index in [0.717, 1.165) is 37.7 Å². The van der Waals surface area contributed by atoms with E-state index in [-0.39, 0.29) is 11.8 Å². The molecule has 1 heterocycles. The molecule has 3 rings (SSSR count). The number of methoxy groups -OCH3 is 2. The number of hydrogen-bond acceptors (Lipinski definition) is 5. The maximum absolute atomic E-state index is 12.9. The summed E-state index contributed by atoms with van der Waals surface area (Å²) in [5.41, 5.74) is 2.20. The Morgan fingerprint density at radius 1 is 1.14 bits per heavy atom. The fourth-order valence-corrected chi connectivity index (χ4v) is 4.62. The Hall–Kier alpha value is -2.38. The molecule has 2 aromatic rings. The third kappa shape index (κ3) is 4.72. The maximum atomic E-state index is 12.9. The Morgan fingerprint density at radius 3 is 2.75 bits per heavy atom. The van der Waals surface area contributed by atoms with Crippen LogP contribution >= 0.6 is 11.3 Å². The van der Waals surface area contributed by atoms with Crippen LogP contribution in [0.1, 0.15) is 50.4 Å². The van der Waals surface area contributed by atoms with Gasteiger partial charge in [-0.15, -0.1) is 11.3 Å². The number of hydrogen-bond donors (Lipinski definition) is 2. The molecule has 1 aliphatic rings. The number of carbonyl (C=O) groups is 2. The summed E-state index contributed by atoms with van der Waals surface area (Å²) in [7, 11) is 3.21. The molecule has 0 radical (unpaired) electrons. The van der Waals surface area contributed by atoms with Crippen molar-refractivity contribution < 1.29 is 19.1 Å². The first-order chi connectivity index (χ1) is 13.6. The van der Waals surface area contributed by atoms with Gasteiger partial charge in [0.15, 0.2) is 0 Å². The third-order valence-corrected chi connectivity index (χ3v) is 5.98. The van der Waals surface area contributed by atoms with Gasteiger partial charge in [0.05, 0.1) is 12.7 Å². The van der Waals surface area contributed by atoms with E-state index in [1.54, 1.807) is 38.5 Å². The molecule has 1 aromatic heterocycles. The number of thiophene rings is 1. The second-order valence-electron chi connectivity index (χ2n) is 6.70. The van der Waals surface area contributed by atoms with Gasteiger partial charge in [0.25, 0.3) is 11.8 Å². The second-order valence-corrected chi connectivity index (χ2v) is 7.81. The lowest BCUT2D eigenvalue weighted by Gasteiger charge is -2.13. The predicted octanol–water partition coefficient (Wildman–Crippen LogP) is 3.65. The minimum atomic E-state index is -0.245. The van der Waals surface area contributed by atoms with Crippen LogP contribution in [-0.2, 0) is 17.6 Å². The quantitative estimate of drug-likeness (QED) is 0.661. The molecule has 0 saturated carbocycles. The van der Waals surface area contributed by atoms with Crippen molar-refractivity contribution in [3.63, 3.8) is 0 Å². The SMILES string of the molecule is COCCCNC(=O)c1c(NC(=O)c2cccc(OC)c2)sc2c1CCCC2. The van der Waals surface area contributed by atoms with Crippen molar-refractivity contribution in [2.24, 2.45) is 0 Å². The standard InChI is InChI=1S/C21H26N2O4S/c1-26-12-6-11-22-20(25)18-16-9-3-4-10-17(16)28-21(18)23-19(24)14-7-5-8-15(13-14)27-2/h5,7-8,13H,3-4,6,9-12H2,1-2H3,(H,22,25)(H,23,24). The number of anilines is 1. The van der Waals surface area contributed by atoms with Crippen molar-refractivity contribution in [2.75, 3.05) is 32.7 Å². The van der Waals surface area contributed by atoms with E-state index in [1.807, 2.05) is 0 Å². The highest BCUT2D eigenvalue weighted by atomic mass is 32.1. The lowest BCUT2D eigenvalue weighted by Crippen LogP contribution is -2.27. The third-order valence-electron chi connectivity index (χ3n) is 4.77. The topological polar surface area (TPSA) is 76.7 Å². The van der Waals surface area contributed by atoms with Gasteiger partial charge in [0.1, 0.15) is 10.8 Å². The number of aryl methyl sites for hydroxylation is 1. The van der Waals surface area contributed by atoms with Crippen molar-refractivity contribution in [1.29, 1.82) is 0 Å². The smallest absolute Gasteiger partial charge is 0.256 e. The van der Waals surface area contributed by atoms with Gasteiger partial charge in [-0.2, -0.15) is 0 Å². The number of amides is 2. The first kappa shape index (κ1) is 20.4. The molecule has 1 aliphatic carbocycles. The Balaban J connectivity index is 1.82. The second kappa shape index (κ2) is 9.71. The molecule has 1 aromatic carbocycles. The lowest BCUT2D eigenvalue weighted by molar-refractivity contribution is 0.0948. The fourth-order valence-electron chi connectivity index (χ4n) is 3.34. The summed E-state index contributed by atoms with van der Waals surface area (Å²) < 4.78 is 10.2. The van der Waals surface area contributed by atoms with Crippen LogP contribution in [0.3, 0.4) is 0 Å². The molecule has 0 bridgehead atoms. The monoisotopic (exact) mass is 402 g/mol. The van der Waals surface area contributed by atoms with E-state index in [0.29, 0.717) is 35.0 Å². The van der Waals surface area contributed by atoms with Gasteiger partial charge < -0.3 is 20.1 Å². The molecule has 2 N–H and O–H groups in total. The Kier molecular flexibility index (Phi) is 7.06. The molecule has 0 atom stereocenters. The molecular weight excluding hydrogens is 376 g/mol. The summed E-state index contributed by atoms with van der Waals surface area (Å²) in [6.07, 6.45) is 4.77. The Bertz CT molecular complexity index is 847. The van der Waals surface area contributed by atoms with Gasteiger partial charge in [0, 0.05) is 30.7 Å². The van der Waals surface area contributed by atoms with Crippen LogP contribution in [0, 0.1) is 0 Å². The Morgan fingerprint density at radius 2 is 1.96 bits per heavy atom. The van der Waals surface area contributed by atoms with Crippen LogP contribution in [0.4, 0.5) is 5.00 Å². The average molecular weight is 403 g/mol. The molecule has 0 spiro atoms. The normalized spacial score (nSPS) is 12.9. The highest BCUT2D eigenvalue weighted by Gasteiger charge is 2.26. The lowest BCUT2D eigenvalue weighted by atomic mass is 9.95. The van der Waals surface area contributed by atoms with E-state index < -0.39 is 0 Å². The fraction of sp³-hybridized carbons (Fsp3) is 0.429. The van der Waals surface area contributed by atoms with Crippen molar-refractivity contribution in [3.8, 4) is 5.75 Å². The average Bonchev–Trinajstić information content (AvgIpc) is 3.09. The zero-order valence-electron chi connectivity index (χ0n) is 16.3. The first-order valence-electron chi connectivity index (χ1n) is 9.51. The van der Waals surface area contributed by atoms with Crippen LogP contribution < -0.4 is 15.4 Å². The largest absolute Gasteiger partial charge is 0.497 e. The number of benzene rings is 1. The van der Waals surface area contributed by atoms with Gasteiger partial charge in [-0.05, 0) is 55.9 Å². The number of carbonyl (C=O) groups excluding carboxylic acids is 2. The number of ether oxygens (including phenoxy) is 2. The summed E-state index contributed by atoms with van der Waals surface area (Å²) >= 11 is 1.52. The molecule has 150 valence electrons. The molecule has 2 amide bonds. The van der Waals surface area contributed by atoms with Gasteiger partial charge >= 0.3 is 0 Å². The highest BCUT2D eigenvalue weighted by Crippen LogP contribution is 2.38. The molecule has 0 saturated heterocycles. The highest BCUT2D eigenvalue weighted by molar-refractivity contribution is 7.17. The van der Waals surface area contributed by atoms with Crippen LogP contribution in [0.25, 0.3) is 0 Å². The van der Waals surface area contributed by atoms with Gasteiger partial charge in [-0.25, -0.2) is 0 Å². The number of rotatable bonds is 8. The van der Waals surface area contributed by atoms with Crippen LogP contribution in [-0.4, -0.2) is 39.2 Å². The minimum absolute atomic E-state index is 0.128. The van der Waals surface area contributed by atoms with Crippen LogP contribution in [0.15, 0.2) is 24.3 Å². The van der Waals surface area contributed by atoms with Crippen molar-refractivity contribution in [1.82, 2.24) is 5.32 Å². The molecule has 6 nitrogen and oxygen atoms in total. The van der Waals surface area contributed by atoms with E-state index >= 15 is 0 Å². The molecule has 0 aliphatic heterocycles. The molecule has 28 heavy (non-hydrogen) atoms. The molecular formula is C21H26N2O4S. The van der Waals surface area contributed by atoms with E-state index in [9.17, 15) is 9.59 Å². The van der Waals surface area contributed by atoms with Crippen LogP contribution in [0.2, 0.25) is 0 Å². The van der Waals surface area contributed by atoms with Crippen molar-refractivity contribution in [2.45, 2.75) is 32.1 Å². The number of nitrogens with one attached hydrogen (secondary N) is 2. The van der Waals surface area contributed by atoms with Crippen molar-refractivity contribution >= 4 is 28.2 Å². The molecule has 0 fully saturated rings. The van der Waals surface area contributed by atoms with Gasteiger partial charge in [-0.1, -0.05) is 6.07 Å².